The minimum Gasteiger partial charge on any atom is -0.462 e. The molecule has 1 spiro atoms. The van der Waals surface area contributed by atoms with Gasteiger partial charge < -0.3 is 34.1 Å². The standard InChI is InChI=1S/C50H64N2O12/c1-32(53)60-37-30-31-48(4,59)50-43(62-40(56)29-27-38(54)52(36-24-16-9-17-25-36)46(58)51-35-22-14-8-15-23-35)41(47(2,3)64-50)42(61-39(55)28-26-33-18-10-6-11-19-33)44(49(37,50)5)63-45(57)34-20-12-7-13-21-34/h6-7,10-13,18-21,26,28,35-37,41-44,59H,8-9,14-17,22-25,27,29-31H2,1-5H3,(H,51,58)/b28-26+/t37-,41+,42-,43+,44-,48-,49-,50-/m0/s1. The molecule has 64 heavy (non-hydrogen) atoms. The van der Waals surface area contributed by atoms with Crippen LogP contribution in [0.5, 0.6) is 0 Å². The Morgan fingerprint density at radius 3 is 2.03 bits per heavy atom. The second-order valence-electron chi connectivity index (χ2n) is 19.2. The predicted molar refractivity (Wildman–Crippen MR) is 234 cm³/mol. The van der Waals surface area contributed by atoms with Crippen molar-refractivity contribution in [1.29, 1.82) is 0 Å². The van der Waals surface area contributed by atoms with Gasteiger partial charge in [-0.2, -0.15) is 0 Å². The zero-order valence-electron chi connectivity index (χ0n) is 37.8. The summed E-state index contributed by atoms with van der Waals surface area (Å²) in [5.74, 6) is -4.61. The van der Waals surface area contributed by atoms with E-state index in [2.05, 4.69) is 5.32 Å². The Kier molecular flexibility index (Phi) is 14.1. The third-order valence-electron chi connectivity index (χ3n) is 14.5. The normalized spacial score (nSPS) is 31.2. The number of carbonyl (C=O) groups is 6. The highest BCUT2D eigenvalue weighted by Crippen LogP contribution is 2.69. The molecule has 7 rings (SSSR count). The number of fused-ring (bicyclic) bond motifs is 1. The number of carbonyl (C=O) groups excluding carboxylic acids is 6. The van der Waals surface area contributed by atoms with Crippen molar-refractivity contribution in [2.24, 2.45) is 11.3 Å². The third-order valence-corrected chi connectivity index (χ3v) is 14.5. The van der Waals surface area contributed by atoms with Crippen LogP contribution in [-0.4, -0.2) is 99.1 Å². The molecule has 1 aliphatic heterocycles. The maximum Gasteiger partial charge on any atom is 0.338 e. The lowest BCUT2D eigenvalue weighted by molar-refractivity contribution is -0.336. The molecule has 0 aromatic heterocycles. The second-order valence-corrected chi connectivity index (χ2v) is 19.2. The lowest BCUT2D eigenvalue weighted by Crippen LogP contribution is -2.81. The lowest BCUT2D eigenvalue weighted by Gasteiger charge is -2.65. The summed E-state index contributed by atoms with van der Waals surface area (Å²) in [6.07, 6.45) is 5.83. The highest BCUT2D eigenvalue weighted by molar-refractivity contribution is 5.96. The summed E-state index contributed by atoms with van der Waals surface area (Å²) in [5.41, 5.74) is -5.93. The summed E-state index contributed by atoms with van der Waals surface area (Å²) in [6.45, 7) is 7.88. The summed E-state index contributed by atoms with van der Waals surface area (Å²) in [5, 5.41) is 15.8. The molecule has 5 fully saturated rings. The van der Waals surface area contributed by atoms with Crippen LogP contribution in [0.4, 0.5) is 4.79 Å². The number of urea groups is 1. The van der Waals surface area contributed by atoms with Crippen LogP contribution in [0, 0.1) is 11.3 Å². The first-order chi connectivity index (χ1) is 30.5. The molecule has 2 aromatic rings. The molecule has 5 aliphatic rings. The van der Waals surface area contributed by atoms with Crippen LogP contribution in [0.2, 0.25) is 0 Å². The minimum absolute atomic E-state index is 0.0189. The maximum atomic E-state index is 14.4. The van der Waals surface area contributed by atoms with Gasteiger partial charge in [0.25, 0.3) is 0 Å². The Balaban J connectivity index is 1.25. The van der Waals surface area contributed by atoms with Gasteiger partial charge in [0, 0.05) is 31.5 Å². The molecule has 0 unspecified atom stereocenters. The van der Waals surface area contributed by atoms with Crippen molar-refractivity contribution < 1.29 is 57.6 Å². The second kappa shape index (κ2) is 19.2. The zero-order chi connectivity index (χ0) is 45.9. The van der Waals surface area contributed by atoms with Gasteiger partial charge in [0.05, 0.1) is 34.5 Å². The molecule has 2 N–H and O–H groups in total. The highest BCUT2D eigenvalue weighted by atomic mass is 16.6. The smallest absolute Gasteiger partial charge is 0.338 e. The molecule has 2 bridgehead atoms. The molecule has 14 nitrogen and oxygen atoms in total. The average Bonchev–Trinajstić information content (AvgIpc) is 3.48. The van der Waals surface area contributed by atoms with Gasteiger partial charge in [0.1, 0.15) is 23.9 Å². The Hall–Kier alpha value is -5.08. The summed E-state index contributed by atoms with van der Waals surface area (Å²) >= 11 is 0. The fourth-order valence-electron chi connectivity index (χ4n) is 11.6. The van der Waals surface area contributed by atoms with Crippen molar-refractivity contribution in [3.05, 3.63) is 77.9 Å². The Labute approximate surface area is 375 Å². The van der Waals surface area contributed by atoms with Crippen molar-refractivity contribution in [2.75, 3.05) is 0 Å². The van der Waals surface area contributed by atoms with E-state index in [0.29, 0.717) is 12.8 Å². The van der Waals surface area contributed by atoms with Crippen molar-refractivity contribution in [2.45, 2.75) is 178 Å². The first-order valence-corrected chi connectivity index (χ1v) is 23.1. The molecule has 0 radical (unpaired) electrons. The topological polar surface area (TPSA) is 184 Å². The molecular formula is C50H64N2O12. The van der Waals surface area contributed by atoms with Crippen LogP contribution in [0.25, 0.3) is 6.08 Å². The zero-order valence-corrected chi connectivity index (χ0v) is 37.8. The number of esters is 4. The molecule has 14 heteroatoms. The van der Waals surface area contributed by atoms with Crippen LogP contribution in [0.3, 0.4) is 0 Å². The highest BCUT2D eigenvalue weighted by Gasteiger charge is 2.85. The number of hydrogen-bond acceptors (Lipinski definition) is 12. The number of nitrogens with zero attached hydrogens (tertiary/aromatic N) is 1. The van der Waals surface area contributed by atoms with Crippen molar-refractivity contribution >= 4 is 41.9 Å². The minimum atomic E-state index is -1.94. The van der Waals surface area contributed by atoms with Crippen LogP contribution in [0.15, 0.2) is 66.7 Å². The first kappa shape index (κ1) is 46.9. The summed E-state index contributed by atoms with van der Waals surface area (Å²) in [4.78, 5) is 84.7. The molecule has 8 atom stereocenters. The Bertz CT molecular complexity index is 2060. The van der Waals surface area contributed by atoms with Crippen molar-refractivity contribution in [3.63, 3.8) is 0 Å². The van der Waals surface area contributed by atoms with E-state index in [0.717, 1.165) is 56.9 Å². The van der Waals surface area contributed by atoms with Crippen LogP contribution >= 0.6 is 0 Å². The first-order valence-electron chi connectivity index (χ1n) is 23.1. The van der Waals surface area contributed by atoms with Crippen molar-refractivity contribution in [1.82, 2.24) is 10.2 Å². The molecule has 1 heterocycles. The summed E-state index contributed by atoms with van der Waals surface area (Å²) < 4.78 is 32.4. The Morgan fingerprint density at radius 1 is 0.766 bits per heavy atom. The molecule has 346 valence electrons. The van der Waals surface area contributed by atoms with E-state index in [1.54, 1.807) is 64.1 Å². The number of nitrogens with one attached hydrogen (secondary N) is 1. The van der Waals surface area contributed by atoms with Crippen LogP contribution in [-0.2, 0) is 42.9 Å². The van der Waals surface area contributed by atoms with E-state index in [1.165, 1.54) is 17.9 Å². The van der Waals surface area contributed by atoms with Crippen molar-refractivity contribution in [3.8, 4) is 0 Å². The van der Waals surface area contributed by atoms with Gasteiger partial charge in [0.2, 0.25) is 5.91 Å². The average molecular weight is 885 g/mol. The SMILES string of the molecule is CC(=O)O[C@H]1CC[C@](C)(O)[C@]23OC(C)(C)[C@H]([C@H](OC(=O)/C=C/c4ccccc4)[C@H](OC(=O)c4ccccc4)[C@]12C)[C@H]3OC(=O)CCC(=O)N(C(=O)NC1CCCCC1)C1CCCCC1. The number of benzene rings is 2. The molecule has 4 aliphatic carbocycles. The quantitative estimate of drug-likeness (QED) is 0.123. The lowest BCUT2D eigenvalue weighted by atomic mass is 9.47. The van der Waals surface area contributed by atoms with E-state index < -0.39 is 94.8 Å². The van der Waals surface area contributed by atoms with Gasteiger partial charge in [-0.3, -0.25) is 19.3 Å². The van der Waals surface area contributed by atoms with E-state index in [1.807, 2.05) is 30.3 Å². The monoisotopic (exact) mass is 884 g/mol. The molecule has 3 amide bonds. The molecule has 1 saturated heterocycles. The fourth-order valence-corrected chi connectivity index (χ4v) is 11.6. The number of imide groups is 1. The van der Waals surface area contributed by atoms with E-state index in [4.69, 9.17) is 23.7 Å². The van der Waals surface area contributed by atoms with E-state index in [-0.39, 0.29) is 36.9 Å². The van der Waals surface area contributed by atoms with Gasteiger partial charge in [-0.25, -0.2) is 14.4 Å². The van der Waals surface area contributed by atoms with Gasteiger partial charge >= 0.3 is 29.9 Å². The van der Waals surface area contributed by atoms with Gasteiger partial charge in [-0.1, -0.05) is 87.1 Å². The van der Waals surface area contributed by atoms with E-state index >= 15 is 0 Å². The third kappa shape index (κ3) is 9.22. The number of hydrogen-bond donors (Lipinski definition) is 2. The summed E-state index contributed by atoms with van der Waals surface area (Å²) in [6, 6.07) is 16.6. The molecule has 4 saturated carbocycles. The van der Waals surface area contributed by atoms with E-state index in [9.17, 15) is 33.9 Å². The van der Waals surface area contributed by atoms with Gasteiger partial charge in [0.15, 0.2) is 6.10 Å². The number of ether oxygens (including phenoxy) is 5. The predicted octanol–water partition coefficient (Wildman–Crippen LogP) is 7.39. The largest absolute Gasteiger partial charge is 0.462 e. The number of amides is 3. The van der Waals surface area contributed by atoms with Gasteiger partial charge in [-0.15, -0.1) is 0 Å². The maximum absolute atomic E-state index is 14.4. The van der Waals surface area contributed by atoms with Crippen LogP contribution in [0.1, 0.15) is 140 Å². The number of rotatable bonds is 12. The molecule has 2 aromatic carbocycles. The van der Waals surface area contributed by atoms with Crippen LogP contribution < -0.4 is 5.32 Å². The van der Waals surface area contributed by atoms with Gasteiger partial charge in [-0.05, 0) is 90.0 Å². The number of aliphatic hydroxyl groups is 1. The molecular weight excluding hydrogens is 821 g/mol. The summed E-state index contributed by atoms with van der Waals surface area (Å²) in [7, 11) is 0. The fraction of sp³-hybridized carbons (Fsp3) is 0.600. The Morgan fingerprint density at radius 2 is 1.39 bits per heavy atom.